The smallest absolute Gasteiger partial charge is 0.243 e. The van der Waals surface area contributed by atoms with Crippen molar-refractivity contribution >= 4 is 10.0 Å². The van der Waals surface area contributed by atoms with Crippen molar-refractivity contribution in [2.24, 2.45) is 0 Å². The zero-order chi connectivity index (χ0) is 13.0. The summed E-state index contributed by atoms with van der Waals surface area (Å²) in [5.74, 6) is 0. The van der Waals surface area contributed by atoms with E-state index in [4.69, 9.17) is 10.00 Å². The second-order valence-electron chi connectivity index (χ2n) is 4.01. The molecule has 1 aliphatic heterocycles. The molecule has 96 valence electrons. The maximum Gasteiger partial charge on any atom is 0.243 e. The molecule has 1 saturated heterocycles. The molecule has 0 aromatic heterocycles. The number of benzene rings is 1. The highest BCUT2D eigenvalue weighted by atomic mass is 32.2. The van der Waals surface area contributed by atoms with E-state index in [1.54, 1.807) is 0 Å². The summed E-state index contributed by atoms with van der Waals surface area (Å²) in [6, 6.07) is 7.94. The van der Waals surface area contributed by atoms with E-state index < -0.39 is 10.0 Å². The molecule has 0 saturated carbocycles. The Labute approximate surface area is 107 Å². The van der Waals surface area contributed by atoms with E-state index >= 15 is 0 Å². The standard InChI is InChI=1S/C12H14N2O3S/c13-10-11-2-4-12(5-3-11)18(15,16)14-6-1-8-17-9-7-14/h2-5H,1,6-9H2. The first-order valence-electron chi connectivity index (χ1n) is 5.72. The molecular weight excluding hydrogens is 252 g/mol. The molecular formula is C12H14N2O3S. The van der Waals surface area contributed by atoms with Crippen LogP contribution in [0.1, 0.15) is 12.0 Å². The molecule has 1 heterocycles. The van der Waals surface area contributed by atoms with Crippen LogP contribution in [0, 0.1) is 11.3 Å². The number of nitrogens with zero attached hydrogens (tertiary/aromatic N) is 2. The first-order chi connectivity index (χ1) is 8.64. The number of rotatable bonds is 2. The Balaban J connectivity index is 2.26. The summed E-state index contributed by atoms with van der Waals surface area (Å²) in [6.07, 6.45) is 0.704. The second kappa shape index (κ2) is 5.48. The molecule has 0 spiro atoms. The maximum atomic E-state index is 12.3. The average Bonchev–Trinajstić information content (AvgIpc) is 2.68. The fourth-order valence-corrected chi connectivity index (χ4v) is 3.28. The van der Waals surface area contributed by atoms with Crippen molar-refractivity contribution < 1.29 is 13.2 Å². The van der Waals surface area contributed by atoms with E-state index in [2.05, 4.69) is 0 Å². The zero-order valence-electron chi connectivity index (χ0n) is 9.87. The summed E-state index contributed by atoms with van der Waals surface area (Å²) in [5.41, 5.74) is 0.452. The lowest BCUT2D eigenvalue weighted by atomic mass is 10.2. The van der Waals surface area contributed by atoms with E-state index in [-0.39, 0.29) is 4.90 Å². The lowest BCUT2D eigenvalue weighted by Crippen LogP contribution is -2.33. The summed E-state index contributed by atoms with van der Waals surface area (Å²) in [6.45, 7) is 1.87. The number of hydrogen-bond acceptors (Lipinski definition) is 4. The molecule has 0 N–H and O–H groups in total. The van der Waals surface area contributed by atoms with Crippen molar-refractivity contribution in [3.8, 4) is 6.07 Å². The number of ether oxygens (including phenoxy) is 1. The molecule has 0 radical (unpaired) electrons. The highest BCUT2D eigenvalue weighted by Gasteiger charge is 2.25. The molecule has 6 heteroatoms. The molecule has 1 fully saturated rings. The van der Waals surface area contributed by atoms with E-state index in [1.807, 2.05) is 6.07 Å². The van der Waals surface area contributed by atoms with Gasteiger partial charge >= 0.3 is 0 Å². The minimum absolute atomic E-state index is 0.225. The first-order valence-corrected chi connectivity index (χ1v) is 7.16. The molecule has 0 bridgehead atoms. The summed E-state index contributed by atoms with van der Waals surface area (Å²) < 4.78 is 31.3. The van der Waals surface area contributed by atoms with Crippen LogP contribution in [0.4, 0.5) is 0 Å². The first kappa shape index (κ1) is 13.0. The van der Waals surface area contributed by atoms with Gasteiger partial charge in [0.2, 0.25) is 10.0 Å². The Morgan fingerprint density at radius 3 is 2.56 bits per heavy atom. The summed E-state index contributed by atoms with van der Waals surface area (Å²) in [4.78, 5) is 0.225. The number of hydrogen-bond donors (Lipinski definition) is 0. The van der Waals surface area contributed by atoms with Gasteiger partial charge in [-0.1, -0.05) is 0 Å². The third-order valence-electron chi connectivity index (χ3n) is 2.80. The van der Waals surface area contributed by atoms with Gasteiger partial charge in [-0.3, -0.25) is 0 Å². The molecule has 1 aromatic carbocycles. The number of sulfonamides is 1. The third-order valence-corrected chi connectivity index (χ3v) is 4.72. The van der Waals surface area contributed by atoms with Gasteiger partial charge in [-0.05, 0) is 30.7 Å². The Morgan fingerprint density at radius 2 is 1.89 bits per heavy atom. The highest BCUT2D eigenvalue weighted by Crippen LogP contribution is 2.17. The van der Waals surface area contributed by atoms with Crippen LogP contribution in [0.25, 0.3) is 0 Å². The van der Waals surface area contributed by atoms with Gasteiger partial charge in [-0.15, -0.1) is 0 Å². The van der Waals surface area contributed by atoms with Gasteiger partial charge in [-0.25, -0.2) is 8.42 Å². The van der Waals surface area contributed by atoms with E-state index in [0.717, 1.165) is 0 Å². The Kier molecular flexibility index (Phi) is 3.97. The minimum atomic E-state index is -3.47. The van der Waals surface area contributed by atoms with Crippen molar-refractivity contribution in [3.63, 3.8) is 0 Å². The van der Waals surface area contributed by atoms with E-state index in [1.165, 1.54) is 28.6 Å². The lowest BCUT2D eigenvalue weighted by molar-refractivity contribution is 0.148. The Morgan fingerprint density at radius 1 is 1.17 bits per heavy atom. The normalized spacial score (nSPS) is 17.9. The SMILES string of the molecule is N#Cc1ccc(S(=O)(=O)N2CCCOCC2)cc1. The summed E-state index contributed by atoms with van der Waals surface area (Å²) >= 11 is 0. The van der Waals surface area contributed by atoms with Gasteiger partial charge in [0.1, 0.15) is 0 Å². The molecule has 1 aliphatic rings. The van der Waals surface area contributed by atoms with Gasteiger partial charge < -0.3 is 4.74 Å². The van der Waals surface area contributed by atoms with Crippen LogP contribution in [0.15, 0.2) is 29.2 Å². The molecule has 0 amide bonds. The summed E-state index contributed by atoms with van der Waals surface area (Å²) in [7, 11) is -3.47. The quantitative estimate of drug-likeness (QED) is 0.799. The third kappa shape index (κ3) is 2.70. The van der Waals surface area contributed by atoms with Crippen molar-refractivity contribution in [1.82, 2.24) is 4.31 Å². The van der Waals surface area contributed by atoms with Crippen LogP contribution in [0.2, 0.25) is 0 Å². The lowest BCUT2D eigenvalue weighted by Gasteiger charge is -2.19. The van der Waals surface area contributed by atoms with Gasteiger partial charge in [-0.2, -0.15) is 9.57 Å². The monoisotopic (exact) mass is 266 g/mol. The molecule has 2 rings (SSSR count). The van der Waals surface area contributed by atoms with Crippen LogP contribution < -0.4 is 0 Å². The molecule has 0 unspecified atom stereocenters. The molecule has 0 aliphatic carbocycles. The Bertz CT molecular complexity index is 538. The van der Waals surface area contributed by atoms with Crippen molar-refractivity contribution in [1.29, 1.82) is 5.26 Å². The van der Waals surface area contributed by atoms with Gasteiger partial charge in [0, 0.05) is 19.7 Å². The number of nitriles is 1. The van der Waals surface area contributed by atoms with E-state index in [9.17, 15) is 8.42 Å². The van der Waals surface area contributed by atoms with Gasteiger partial charge in [0.05, 0.1) is 23.1 Å². The van der Waals surface area contributed by atoms with Crippen molar-refractivity contribution in [3.05, 3.63) is 29.8 Å². The van der Waals surface area contributed by atoms with Crippen LogP contribution in [0.5, 0.6) is 0 Å². The van der Waals surface area contributed by atoms with Crippen LogP contribution in [-0.4, -0.2) is 39.0 Å². The topological polar surface area (TPSA) is 70.4 Å². The van der Waals surface area contributed by atoms with Crippen LogP contribution in [-0.2, 0) is 14.8 Å². The second-order valence-corrected chi connectivity index (χ2v) is 5.94. The molecule has 0 atom stereocenters. The molecule has 18 heavy (non-hydrogen) atoms. The summed E-state index contributed by atoms with van der Waals surface area (Å²) in [5, 5.41) is 8.69. The molecule has 1 aromatic rings. The highest BCUT2D eigenvalue weighted by molar-refractivity contribution is 7.89. The van der Waals surface area contributed by atoms with Gasteiger partial charge in [0.25, 0.3) is 0 Å². The predicted molar refractivity (Wildman–Crippen MR) is 65.4 cm³/mol. The van der Waals surface area contributed by atoms with Crippen molar-refractivity contribution in [2.75, 3.05) is 26.3 Å². The van der Waals surface area contributed by atoms with Crippen molar-refractivity contribution in [2.45, 2.75) is 11.3 Å². The minimum Gasteiger partial charge on any atom is -0.380 e. The van der Waals surface area contributed by atoms with Crippen LogP contribution in [0.3, 0.4) is 0 Å². The Hall–Kier alpha value is -1.42. The predicted octanol–water partition coefficient (Wildman–Crippen LogP) is 0.969. The average molecular weight is 266 g/mol. The van der Waals surface area contributed by atoms with E-state index in [0.29, 0.717) is 38.3 Å². The largest absolute Gasteiger partial charge is 0.380 e. The zero-order valence-corrected chi connectivity index (χ0v) is 10.7. The van der Waals surface area contributed by atoms with Gasteiger partial charge in [0.15, 0.2) is 0 Å². The fraction of sp³-hybridized carbons (Fsp3) is 0.417. The maximum absolute atomic E-state index is 12.3. The molecule has 5 nitrogen and oxygen atoms in total. The van der Waals surface area contributed by atoms with Crippen LogP contribution >= 0.6 is 0 Å². The fourth-order valence-electron chi connectivity index (χ4n) is 1.81.